The van der Waals surface area contributed by atoms with Crippen molar-refractivity contribution in [3.63, 3.8) is 0 Å². The van der Waals surface area contributed by atoms with E-state index >= 15 is 0 Å². The summed E-state index contributed by atoms with van der Waals surface area (Å²) in [5.74, 6) is -0.137. The summed E-state index contributed by atoms with van der Waals surface area (Å²) >= 11 is 0. The fraction of sp³-hybridized carbons (Fsp3) is 0.438. The number of rotatable bonds is 6. The highest BCUT2D eigenvalue weighted by Gasteiger charge is 2.18. The fourth-order valence-corrected chi connectivity index (χ4v) is 2.47. The predicted octanol–water partition coefficient (Wildman–Crippen LogP) is 3.38. The molecule has 21 heavy (non-hydrogen) atoms. The summed E-state index contributed by atoms with van der Waals surface area (Å²) < 4.78 is 29.5. The van der Waals surface area contributed by atoms with Gasteiger partial charge in [-0.25, -0.2) is 13.8 Å². The minimum Gasteiger partial charge on any atom is -0.335 e. The maximum atomic E-state index is 14.0. The molecule has 2 aromatic rings. The molecule has 0 saturated heterocycles. The second kappa shape index (κ2) is 6.80. The number of nitrogens with zero attached hydrogens (tertiary/aromatic N) is 2. The van der Waals surface area contributed by atoms with E-state index in [9.17, 15) is 8.78 Å². The number of hydrogen-bond donors (Lipinski definition) is 1. The summed E-state index contributed by atoms with van der Waals surface area (Å²) in [6.45, 7) is 4.63. The highest BCUT2D eigenvalue weighted by Crippen LogP contribution is 2.23. The summed E-state index contributed by atoms with van der Waals surface area (Å²) in [6.07, 6.45) is 5.25. The van der Waals surface area contributed by atoms with Gasteiger partial charge in [0.2, 0.25) is 0 Å². The van der Waals surface area contributed by atoms with Crippen LogP contribution in [-0.2, 0) is 13.0 Å². The Labute approximate surface area is 124 Å². The molecule has 1 atom stereocenters. The van der Waals surface area contributed by atoms with Crippen LogP contribution in [0.2, 0.25) is 0 Å². The normalized spacial score (nSPS) is 12.6. The van der Waals surface area contributed by atoms with Crippen LogP contribution in [0.1, 0.15) is 36.3 Å². The lowest BCUT2D eigenvalue weighted by atomic mass is 10.0. The Balaban J connectivity index is 2.28. The molecule has 5 heteroatoms. The standard InChI is InChI=1S/C16H21F2N3/c1-4-6-21-7-5-20-16(21)10-15(19-3)12-8-11(2)13(17)9-14(12)18/h5,7-9,15,19H,4,6,10H2,1-3H3. The van der Waals surface area contributed by atoms with Crippen molar-refractivity contribution in [3.05, 3.63) is 53.1 Å². The second-order valence-corrected chi connectivity index (χ2v) is 5.21. The number of imidazole rings is 1. The SMILES string of the molecule is CCCn1ccnc1CC(NC)c1cc(C)c(F)cc1F. The molecule has 1 aromatic heterocycles. The number of halogens is 2. The van der Waals surface area contributed by atoms with Gasteiger partial charge in [0, 0.05) is 43.0 Å². The number of aryl methyl sites for hydroxylation is 2. The molecule has 0 fully saturated rings. The van der Waals surface area contributed by atoms with Crippen LogP contribution in [-0.4, -0.2) is 16.6 Å². The van der Waals surface area contributed by atoms with Crippen molar-refractivity contribution in [1.82, 2.24) is 14.9 Å². The van der Waals surface area contributed by atoms with E-state index < -0.39 is 11.6 Å². The second-order valence-electron chi connectivity index (χ2n) is 5.21. The molecule has 0 amide bonds. The van der Waals surface area contributed by atoms with Gasteiger partial charge in [0.1, 0.15) is 17.5 Å². The van der Waals surface area contributed by atoms with Crippen molar-refractivity contribution in [2.75, 3.05) is 7.05 Å². The zero-order chi connectivity index (χ0) is 15.4. The molecule has 1 aromatic carbocycles. The van der Waals surface area contributed by atoms with Gasteiger partial charge < -0.3 is 9.88 Å². The van der Waals surface area contributed by atoms with Gasteiger partial charge in [0.15, 0.2) is 0 Å². The van der Waals surface area contributed by atoms with Crippen LogP contribution in [0, 0.1) is 18.6 Å². The average molecular weight is 293 g/mol. The topological polar surface area (TPSA) is 29.9 Å². The highest BCUT2D eigenvalue weighted by atomic mass is 19.1. The summed E-state index contributed by atoms with van der Waals surface area (Å²) in [7, 11) is 1.77. The number of benzene rings is 1. The molecule has 0 aliphatic carbocycles. The first kappa shape index (κ1) is 15.6. The number of likely N-dealkylation sites (N-methyl/N-ethyl adjacent to an activating group) is 1. The zero-order valence-electron chi connectivity index (χ0n) is 12.7. The third-order valence-electron chi connectivity index (χ3n) is 3.65. The Hall–Kier alpha value is -1.75. The lowest BCUT2D eigenvalue weighted by molar-refractivity contribution is 0.501. The van der Waals surface area contributed by atoms with Crippen molar-refractivity contribution in [2.45, 2.75) is 39.3 Å². The van der Waals surface area contributed by atoms with Crippen LogP contribution in [0.3, 0.4) is 0 Å². The van der Waals surface area contributed by atoms with Crippen LogP contribution >= 0.6 is 0 Å². The van der Waals surface area contributed by atoms with Crippen molar-refractivity contribution >= 4 is 0 Å². The molecular formula is C16H21F2N3. The Kier molecular flexibility index (Phi) is 5.07. The molecule has 0 aliphatic rings. The molecule has 0 radical (unpaired) electrons. The van der Waals surface area contributed by atoms with E-state index in [2.05, 4.69) is 21.8 Å². The Bertz CT molecular complexity index is 608. The third-order valence-corrected chi connectivity index (χ3v) is 3.65. The minimum atomic E-state index is -0.522. The Morgan fingerprint density at radius 3 is 2.71 bits per heavy atom. The van der Waals surface area contributed by atoms with Crippen molar-refractivity contribution in [3.8, 4) is 0 Å². The van der Waals surface area contributed by atoms with Crippen molar-refractivity contribution < 1.29 is 8.78 Å². The van der Waals surface area contributed by atoms with E-state index in [0.29, 0.717) is 17.5 Å². The van der Waals surface area contributed by atoms with E-state index in [1.54, 1.807) is 26.2 Å². The first-order chi connectivity index (χ1) is 10.1. The van der Waals surface area contributed by atoms with E-state index in [0.717, 1.165) is 24.9 Å². The predicted molar refractivity (Wildman–Crippen MR) is 79.1 cm³/mol. The van der Waals surface area contributed by atoms with Crippen LogP contribution in [0.5, 0.6) is 0 Å². The van der Waals surface area contributed by atoms with Gasteiger partial charge in [-0.05, 0) is 32.0 Å². The largest absolute Gasteiger partial charge is 0.335 e. The molecule has 3 nitrogen and oxygen atoms in total. The zero-order valence-corrected chi connectivity index (χ0v) is 12.7. The molecule has 0 aliphatic heterocycles. The number of hydrogen-bond acceptors (Lipinski definition) is 2. The summed E-state index contributed by atoms with van der Waals surface area (Å²) in [4.78, 5) is 4.34. The van der Waals surface area contributed by atoms with Gasteiger partial charge in [0.25, 0.3) is 0 Å². The van der Waals surface area contributed by atoms with E-state index in [4.69, 9.17) is 0 Å². The summed E-state index contributed by atoms with van der Waals surface area (Å²) in [5, 5.41) is 3.10. The van der Waals surface area contributed by atoms with Crippen LogP contribution in [0.4, 0.5) is 8.78 Å². The maximum Gasteiger partial charge on any atom is 0.130 e. The maximum absolute atomic E-state index is 14.0. The van der Waals surface area contributed by atoms with Gasteiger partial charge in [-0.2, -0.15) is 0 Å². The quantitative estimate of drug-likeness (QED) is 0.885. The molecular weight excluding hydrogens is 272 g/mol. The lowest BCUT2D eigenvalue weighted by Gasteiger charge is -2.18. The number of nitrogens with one attached hydrogen (secondary N) is 1. The van der Waals surface area contributed by atoms with Crippen LogP contribution in [0.25, 0.3) is 0 Å². The lowest BCUT2D eigenvalue weighted by Crippen LogP contribution is -2.22. The van der Waals surface area contributed by atoms with Gasteiger partial charge in [-0.15, -0.1) is 0 Å². The molecule has 0 bridgehead atoms. The van der Waals surface area contributed by atoms with E-state index in [1.807, 2.05) is 6.20 Å². The summed E-state index contributed by atoms with van der Waals surface area (Å²) in [6, 6.07) is 2.29. The Morgan fingerprint density at radius 2 is 2.05 bits per heavy atom. The molecule has 114 valence electrons. The monoisotopic (exact) mass is 293 g/mol. The third kappa shape index (κ3) is 3.47. The molecule has 0 spiro atoms. The molecule has 1 N–H and O–H groups in total. The average Bonchev–Trinajstić information content (AvgIpc) is 2.88. The Morgan fingerprint density at radius 1 is 1.29 bits per heavy atom. The summed E-state index contributed by atoms with van der Waals surface area (Å²) in [5.41, 5.74) is 0.922. The van der Waals surface area contributed by atoms with E-state index in [1.165, 1.54) is 0 Å². The molecule has 1 heterocycles. The van der Waals surface area contributed by atoms with E-state index in [-0.39, 0.29) is 6.04 Å². The molecule has 2 rings (SSSR count). The smallest absolute Gasteiger partial charge is 0.130 e. The van der Waals surface area contributed by atoms with Gasteiger partial charge in [-0.3, -0.25) is 0 Å². The fourth-order valence-electron chi connectivity index (χ4n) is 2.47. The van der Waals surface area contributed by atoms with Crippen molar-refractivity contribution in [1.29, 1.82) is 0 Å². The molecule has 0 saturated carbocycles. The first-order valence-corrected chi connectivity index (χ1v) is 7.19. The van der Waals surface area contributed by atoms with Crippen LogP contribution < -0.4 is 5.32 Å². The minimum absolute atomic E-state index is 0.234. The molecule has 1 unspecified atom stereocenters. The number of aromatic nitrogens is 2. The highest BCUT2D eigenvalue weighted by molar-refractivity contribution is 5.29. The van der Waals surface area contributed by atoms with Crippen LogP contribution in [0.15, 0.2) is 24.5 Å². The first-order valence-electron chi connectivity index (χ1n) is 7.19. The van der Waals surface area contributed by atoms with Gasteiger partial charge in [-0.1, -0.05) is 6.92 Å². The van der Waals surface area contributed by atoms with Gasteiger partial charge >= 0.3 is 0 Å². The van der Waals surface area contributed by atoms with Gasteiger partial charge in [0.05, 0.1) is 0 Å². The van der Waals surface area contributed by atoms with Crippen molar-refractivity contribution in [2.24, 2.45) is 0 Å².